The van der Waals surface area contributed by atoms with Crippen LogP contribution in [0.5, 0.6) is 0 Å². The number of halogens is 2. The van der Waals surface area contributed by atoms with Crippen LogP contribution in [0, 0.1) is 5.82 Å². The summed E-state index contributed by atoms with van der Waals surface area (Å²) in [5, 5.41) is 23.3. The average Bonchev–Trinajstić information content (AvgIpc) is 2.84. The zero-order valence-electron chi connectivity index (χ0n) is 19.2. The number of rotatable bonds is 6. The molecule has 0 bridgehead atoms. The molecule has 34 heavy (non-hydrogen) atoms. The van der Waals surface area contributed by atoms with E-state index in [1.165, 1.54) is 41.3 Å². The Hall–Kier alpha value is -2.54. The van der Waals surface area contributed by atoms with Crippen molar-refractivity contribution in [1.82, 2.24) is 15.1 Å². The fraction of sp³-hybridized carbons (Fsp3) is 0.407. The number of hydrogen-bond donors (Lipinski definition) is 2. The number of aromatic nitrogens is 2. The van der Waals surface area contributed by atoms with E-state index in [0.29, 0.717) is 28.6 Å². The molecule has 0 atom stereocenters. The molecule has 0 spiro atoms. The second-order valence-electron chi connectivity index (χ2n) is 9.58. The van der Waals surface area contributed by atoms with Gasteiger partial charge in [0.25, 0.3) is 0 Å². The molecule has 1 saturated carbocycles. The van der Waals surface area contributed by atoms with Crippen LogP contribution in [0.4, 0.5) is 10.2 Å². The Morgan fingerprint density at radius 2 is 1.91 bits per heavy atom. The summed E-state index contributed by atoms with van der Waals surface area (Å²) in [6.45, 7) is 3.28. The zero-order valence-corrected chi connectivity index (χ0v) is 20.0. The normalized spacial score (nSPS) is 17.9. The fourth-order valence-corrected chi connectivity index (χ4v) is 5.50. The maximum Gasteiger partial charge on any atom is 0.148 e. The van der Waals surface area contributed by atoms with Crippen molar-refractivity contribution in [1.29, 1.82) is 0 Å². The van der Waals surface area contributed by atoms with Crippen molar-refractivity contribution in [2.24, 2.45) is 0 Å². The predicted octanol–water partition coefficient (Wildman–Crippen LogP) is 5.60. The van der Waals surface area contributed by atoms with Crippen molar-refractivity contribution in [3.8, 4) is 11.3 Å². The molecule has 0 unspecified atom stereocenters. The largest absolute Gasteiger partial charge is 0.389 e. The van der Waals surface area contributed by atoms with Crippen LogP contribution in [-0.2, 0) is 19.5 Å². The first-order valence-corrected chi connectivity index (χ1v) is 12.4. The average molecular weight is 481 g/mol. The maximum absolute atomic E-state index is 13.6. The van der Waals surface area contributed by atoms with Crippen LogP contribution in [0.2, 0.25) is 5.02 Å². The summed E-state index contributed by atoms with van der Waals surface area (Å²) >= 11 is 6.18. The van der Waals surface area contributed by atoms with E-state index < -0.39 is 5.60 Å². The predicted molar refractivity (Wildman–Crippen MR) is 133 cm³/mol. The third-order valence-electron chi connectivity index (χ3n) is 7.07. The lowest BCUT2D eigenvalue weighted by Gasteiger charge is -2.39. The van der Waals surface area contributed by atoms with Crippen LogP contribution in [0.25, 0.3) is 11.3 Å². The van der Waals surface area contributed by atoms with E-state index in [9.17, 15) is 9.50 Å². The Labute approximate surface area is 205 Å². The number of hydrogen-bond acceptors (Lipinski definition) is 5. The van der Waals surface area contributed by atoms with Gasteiger partial charge >= 0.3 is 0 Å². The van der Waals surface area contributed by atoms with E-state index in [1.54, 1.807) is 6.07 Å². The molecule has 0 amide bonds. The highest BCUT2D eigenvalue weighted by molar-refractivity contribution is 6.33. The van der Waals surface area contributed by atoms with Gasteiger partial charge in [-0.1, -0.05) is 49.1 Å². The first-order chi connectivity index (χ1) is 16.5. The van der Waals surface area contributed by atoms with E-state index in [1.807, 2.05) is 6.07 Å². The Balaban J connectivity index is 1.23. The first-order valence-electron chi connectivity index (χ1n) is 12.1. The fourth-order valence-electron chi connectivity index (χ4n) is 5.28. The highest BCUT2D eigenvalue weighted by Crippen LogP contribution is 2.31. The minimum atomic E-state index is -0.518. The Morgan fingerprint density at radius 1 is 1.06 bits per heavy atom. The molecule has 0 radical (unpaired) electrons. The molecule has 0 saturated heterocycles. The summed E-state index contributed by atoms with van der Waals surface area (Å²) < 4.78 is 13.6. The molecule has 1 fully saturated rings. The van der Waals surface area contributed by atoms with Gasteiger partial charge in [0.1, 0.15) is 11.6 Å². The second kappa shape index (κ2) is 9.98. The van der Waals surface area contributed by atoms with Crippen molar-refractivity contribution in [2.45, 2.75) is 57.2 Å². The van der Waals surface area contributed by atoms with E-state index >= 15 is 0 Å². The molecule has 7 heteroatoms. The third kappa shape index (κ3) is 5.24. The van der Waals surface area contributed by atoms with Crippen molar-refractivity contribution < 1.29 is 9.50 Å². The standard InChI is InChI=1S/C27H30ClFN4O/c28-24-8-7-21(29)15-23(24)25-9-10-26(32-31-25)30-16-19-5-4-6-20-17-33(14-11-22(19)20)18-27(34)12-2-1-3-13-27/h4-10,15,34H,1-3,11-14,16-18H2,(H,30,32). The molecule has 2 heterocycles. The van der Waals surface area contributed by atoms with Crippen LogP contribution in [0.15, 0.2) is 48.5 Å². The van der Waals surface area contributed by atoms with Crippen LogP contribution >= 0.6 is 11.6 Å². The topological polar surface area (TPSA) is 61.3 Å². The highest BCUT2D eigenvalue weighted by Gasteiger charge is 2.32. The van der Waals surface area contributed by atoms with Gasteiger partial charge in [-0.2, -0.15) is 0 Å². The van der Waals surface area contributed by atoms with Crippen molar-refractivity contribution >= 4 is 17.4 Å². The molecule has 1 aromatic heterocycles. The number of benzene rings is 2. The molecule has 2 N–H and O–H groups in total. The quantitative estimate of drug-likeness (QED) is 0.480. The minimum Gasteiger partial charge on any atom is -0.389 e. The summed E-state index contributed by atoms with van der Waals surface area (Å²) in [4.78, 5) is 2.41. The van der Waals surface area contributed by atoms with Gasteiger partial charge in [0, 0.05) is 31.7 Å². The van der Waals surface area contributed by atoms with Gasteiger partial charge in [-0.15, -0.1) is 10.2 Å². The van der Waals surface area contributed by atoms with E-state index in [4.69, 9.17) is 11.6 Å². The minimum absolute atomic E-state index is 0.358. The number of β-amino-alcohol motifs (C(OH)–C–C–N with tert-alkyl or cyclic N) is 1. The van der Waals surface area contributed by atoms with Crippen LogP contribution in [0.1, 0.15) is 48.8 Å². The molecule has 2 aromatic carbocycles. The number of nitrogens with zero attached hydrogens (tertiary/aromatic N) is 3. The molecule has 2 aliphatic rings. The van der Waals surface area contributed by atoms with Crippen LogP contribution in [-0.4, -0.2) is 38.9 Å². The summed E-state index contributed by atoms with van der Waals surface area (Å²) in [6, 6.07) is 14.3. The number of fused-ring (bicyclic) bond motifs is 1. The molecule has 178 valence electrons. The van der Waals surface area contributed by atoms with Crippen molar-refractivity contribution in [3.63, 3.8) is 0 Å². The van der Waals surface area contributed by atoms with Crippen molar-refractivity contribution in [3.05, 3.63) is 76.1 Å². The molecule has 5 nitrogen and oxygen atoms in total. The van der Waals surface area contributed by atoms with Crippen molar-refractivity contribution in [2.75, 3.05) is 18.4 Å². The smallest absolute Gasteiger partial charge is 0.148 e. The van der Waals surface area contributed by atoms with Gasteiger partial charge in [-0.25, -0.2) is 4.39 Å². The van der Waals surface area contributed by atoms with Crippen LogP contribution in [0.3, 0.4) is 0 Å². The van der Waals surface area contributed by atoms with E-state index in [0.717, 1.165) is 51.7 Å². The molecule has 1 aliphatic heterocycles. The number of nitrogens with one attached hydrogen (secondary N) is 1. The van der Waals surface area contributed by atoms with Crippen LogP contribution < -0.4 is 5.32 Å². The number of anilines is 1. The Bertz CT molecular complexity index is 1150. The zero-order chi connectivity index (χ0) is 23.5. The lowest BCUT2D eigenvalue weighted by Crippen LogP contribution is -2.46. The SMILES string of the molecule is OC1(CN2CCc3c(CNc4ccc(-c5cc(F)ccc5Cl)nn4)cccc3C2)CCCCC1. The van der Waals surface area contributed by atoms with Gasteiger partial charge in [0.15, 0.2) is 0 Å². The monoisotopic (exact) mass is 480 g/mol. The lowest BCUT2D eigenvalue weighted by molar-refractivity contribution is -0.0291. The Morgan fingerprint density at radius 3 is 2.71 bits per heavy atom. The third-order valence-corrected chi connectivity index (χ3v) is 7.40. The van der Waals surface area contributed by atoms with Gasteiger partial charge in [-0.05, 0) is 66.3 Å². The van der Waals surface area contributed by atoms with E-state index in [-0.39, 0.29) is 5.82 Å². The van der Waals surface area contributed by atoms with Gasteiger partial charge in [0.05, 0.1) is 16.3 Å². The second-order valence-corrected chi connectivity index (χ2v) is 9.99. The first kappa shape index (κ1) is 23.2. The molecule has 5 rings (SSSR count). The van der Waals surface area contributed by atoms with Gasteiger partial charge in [0.2, 0.25) is 0 Å². The summed E-state index contributed by atoms with van der Waals surface area (Å²) in [5.41, 5.74) is 4.53. The summed E-state index contributed by atoms with van der Waals surface area (Å²) in [6.07, 6.45) is 6.34. The molecular weight excluding hydrogens is 451 g/mol. The van der Waals surface area contributed by atoms with Gasteiger partial charge in [-0.3, -0.25) is 4.90 Å². The van der Waals surface area contributed by atoms with E-state index in [2.05, 4.69) is 38.6 Å². The lowest BCUT2D eigenvalue weighted by atomic mass is 9.84. The molecule has 3 aromatic rings. The summed E-state index contributed by atoms with van der Waals surface area (Å²) in [7, 11) is 0. The molecule has 1 aliphatic carbocycles. The maximum atomic E-state index is 13.6. The summed E-state index contributed by atoms with van der Waals surface area (Å²) in [5.74, 6) is 0.301. The molecular formula is C27H30ClFN4O. The number of aliphatic hydroxyl groups is 1. The Kier molecular flexibility index (Phi) is 6.82. The van der Waals surface area contributed by atoms with Gasteiger partial charge < -0.3 is 10.4 Å². The highest BCUT2D eigenvalue weighted by atomic mass is 35.5.